The van der Waals surface area contributed by atoms with Crippen molar-refractivity contribution in [1.29, 1.82) is 0 Å². The molecule has 0 radical (unpaired) electrons. The number of rotatable bonds is 3. The summed E-state index contributed by atoms with van der Waals surface area (Å²) in [4.78, 5) is 12.0. The highest BCUT2D eigenvalue weighted by atomic mass is 35.5. The minimum Gasteiger partial charge on any atom is -0.361 e. The van der Waals surface area contributed by atoms with Crippen LogP contribution in [-0.2, 0) is 0 Å². The van der Waals surface area contributed by atoms with Crippen molar-refractivity contribution in [1.82, 2.24) is 20.8 Å². The van der Waals surface area contributed by atoms with Crippen LogP contribution in [0.25, 0.3) is 10.8 Å². The van der Waals surface area contributed by atoms with Crippen LogP contribution in [0.4, 0.5) is 5.82 Å². The van der Waals surface area contributed by atoms with Crippen LogP contribution in [0.5, 0.6) is 0 Å². The number of fused-ring (bicyclic) bond motifs is 1. The summed E-state index contributed by atoms with van der Waals surface area (Å²) < 4.78 is 26.2. The summed E-state index contributed by atoms with van der Waals surface area (Å²) in [5, 5.41) is 12.6. The van der Waals surface area contributed by atoms with Crippen molar-refractivity contribution >= 4 is 34.1 Å². The van der Waals surface area contributed by atoms with E-state index in [1.807, 2.05) is 0 Å². The molecular formula is C13H10ClN5O2. The van der Waals surface area contributed by atoms with Crippen LogP contribution in [0, 0.1) is 6.85 Å². The Morgan fingerprint density at radius 2 is 2.14 bits per heavy atom. The molecule has 0 fully saturated rings. The molecule has 1 amide bonds. The van der Waals surface area contributed by atoms with Gasteiger partial charge >= 0.3 is 0 Å². The lowest BCUT2D eigenvalue weighted by atomic mass is 10.2. The maximum absolute atomic E-state index is 12.0. The number of benzene rings is 1. The Kier molecular flexibility index (Phi) is 2.59. The molecular weight excluding hydrogens is 294 g/mol. The Morgan fingerprint density at radius 1 is 1.33 bits per heavy atom. The average molecular weight is 307 g/mol. The SMILES string of the molecule is [2H]C([2H])([2H])c1cc(C(=O)NNc2nnc(Cl)c3ccccc23)no1. The van der Waals surface area contributed by atoms with Crippen LogP contribution in [-0.4, -0.2) is 21.3 Å². The molecule has 2 heterocycles. The van der Waals surface area contributed by atoms with E-state index in [9.17, 15) is 4.79 Å². The highest BCUT2D eigenvalue weighted by molar-refractivity contribution is 6.34. The van der Waals surface area contributed by atoms with Crippen LogP contribution in [0.1, 0.15) is 20.4 Å². The van der Waals surface area contributed by atoms with Crippen LogP contribution < -0.4 is 10.9 Å². The first kappa shape index (κ1) is 10.1. The summed E-state index contributed by atoms with van der Waals surface area (Å²) >= 11 is 5.97. The van der Waals surface area contributed by atoms with Gasteiger partial charge in [-0.25, -0.2) is 0 Å². The number of nitrogens with one attached hydrogen (secondary N) is 2. The van der Waals surface area contributed by atoms with Crippen molar-refractivity contribution in [3.05, 3.63) is 46.9 Å². The number of carbonyl (C=O) groups excluding carboxylic acids is 1. The zero-order chi connectivity index (χ0) is 17.3. The predicted molar refractivity (Wildman–Crippen MR) is 76.9 cm³/mol. The van der Waals surface area contributed by atoms with Gasteiger partial charge in [-0.3, -0.25) is 15.6 Å². The molecule has 0 saturated heterocycles. The van der Waals surface area contributed by atoms with Crippen LogP contribution in [0.15, 0.2) is 34.9 Å². The van der Waals surface area contributed by atoms with Gasteiger partial charge in [-0.2, -0.15) is 0 Å². The van der Waals surface area contributed by atoms with E-state index in [-0.39, 0.29) is 22.4 Å². The summed E-state index contributed by atoms with van der Waals surface area (Å²) in [6, 6.07) is 8.15. The number of nitrogens with zero attached hydrogens (tertiary/aromatic N) is 3. The van der Waals surface area contributed by atoms with Gasteiger partial charge in [0.25, 0.3) is 5.91 Å². The summed E-state index contributed by atoms with van der Waals surface area (Å²) in [6.07, 6.45) is 0. The van der Waals surface area contributed by atoms with Crippen molar-refractivity contribution in [3.63, 3.8) is 0 Å². The van der Waals surface area contributed by atoms with E-state index in [2.05, 4.69) is 30.7 Å². The normalized spacial score (nSPS) is 13.3. The molecule has 0 atom stereocenters. The lowest BCUT2D eigenvalue weighted by molar-refractivity contribution is 0.0953. The molecule has 0 aliphatic carbocycles. The Morgan fingerprint density at radius 3 is 2.90 bits per heavy atom. The number of anilines is 1. The molecule has 8 heteroatoms. The van der Waals surface area contributed by atoms with Gasteiger partial charge in [0.2, 0.25) is 0 Å². The minimum absolute atomic E-state index is 0.181. The average Bonchev–Trinajstić information content (AvgIpc) is 3.05. The summed E-state index contributed by atoms with van der Waals surface area (Å²) in [6.45, 7) is -2.48. The topological polar surface area (TPSA) is 92.9 Å². The lowest BCUT2D eigenvalue weighted by Gasteiger charge is -2.08. The molecule has 0 saturated carbocycles. The van der Waals surface area contributed by atoms with E-state index < -0.39 is 12.8 Å². The van der Waals surface area contributed by atoms with Crippen LogP contribution >= 0.6 is 11.6 Å². The largest absolute Gasteiger partial charge is 0.361 e. The smallest absolute Gasteiger partial charge is 0.291 e. The maximum atomic E-state index is 12.0. The zero-order valence-corrected chi connectivity index (χ0v) is 11.2. The van der Waals surface area contributed by atoms with Crippen LogP contribution in [0.2, 0.25) is 5.15 Å². The number of carbonyl (C=O) groups is 1. The van der Waals surface area contributed by atoms with Crippen molar-refractivity contribution in [3.8, 4) is 0 Å². The van der Waals surface area contributed by atoms with Gasteiger partial charge in [-0.1, -0.05) is 41.0 Å². The molecule has 2 N–H and O–H groups in total. The van der Waals surface area contributed by atoms with Gasteiger partial charge in [-0.15, -0.1) is 10.2 Å². The summed E-state index contributed by atoms with van der Waals surface area (Å²) in [5.74, 6) is -0.776. The first-order chi connectivity index (χ1) is 11.4. The second kappa shape index (κ2) is 5.37. The van der Waals surface area contributed by atoms with E-state index in [0.29, 0.717) is 10.8 Å². The Bertz CT molecular complexity index is 912. The third kappa shape index (κ3) is 2.63. The maximum Gasteiger partial charge on any atom is 0.291 e. The minimum atomic E-state index is -2.48. The van der Waals surface area contributed by atoms with Gasteiger partial charge < -0.3 is 4.52 Å². The molecule has 0 unspecified atom stereocenters. The number of aryl methyl sites for hydroxylation is 1. The molecule has 1 aromatic carbocycles. The molecule has 3 aromatic rings. The van der Waals surface area contributed by atoms with Gasteiger partial charge in [0.15, 0.2) is 16.7 Å². The molecule has 0 aliphatic rings. The van der Waals surface area contributed by atoms with E-state index >= 15 is 0 Å². The lowest BCUT2D eigenvalue weighted by Crippen LogP contribution is -2.30. The summed E-state index contributed by atoms with van der Waals surface area (Å²) in [5.41, 5.74) is 4.78. The Balaban J connectivity index is 1.78. The second-order valence-corrected chi connectivity index (χ2v) is 4.40. The van der Waals surface area contributed by atoms with Crippen molar-refractivity contribution < 1.29 is 13.4 Å². The summed E-state index contributed by atoms with van der Waals surface area (Å²) in [7, 11) is 0. The second-order valence-electron chi connectivity index (χ2n) is 4.04. The molecule has 7 nitrogen and oxygen atoms in total. The fourth-order valence-electron chi connectivity index (χ4n) is 1.73. The van der Waals surface area contributed by atoms with Crippen molar-refractivity contribution in [2.45, 2.75) is 6.85 Å². The number of amides is 1. The molecule has 0 aliphatic heterocycles. The first-order valence-electron chi connectivity index (χ1n) is 7.31. The standard InChI is InChI=1S/C13H10ClN5O2/c1-7-6-10(19-21-7)13(20)18-17-12-9-5-3-2-4-8(9)11(14)15-16-12/h2-6H,1H3,(H,16,17)(H,18,20)/i1D3. The molecule has 2 aromatic heterocycles. The van der Waals surface area contributed by atoms with E-state index in [4.69, 9.17) is 15.7 Å². The van der Waals surface area contributed by atoms with Crippen molar-refractivity contribution in [2.75, 3.05) is 5.43 Å². The monoisotopic (exact) mass is 306 g/mol. The molecule has 3 rings (SSSR count). The number of hydrazine groups is 1. The van der Waals surface area contributed by atoms with Crippen molar-refractivity contribution in [2.24, 2.45) is 0 Å². The predicted octanol–water partition coefficient (Wildman–Crippen LogP) is 2.34. The number of aromatic nitrogens is 3. The molecule has 21 heavy (non-hydrogen) atoms. The fourth-order valence-corrected chi connectivity index (χ4v) is 1.93. The highest BCUT2D eigenvalue weighted by Gasteiger charge is 2.12. The quantitative estimate of drug-likeness (QED) is 0.721. The first-order valence-corrected chi connectivity index (χ1v) is 6.18. The Labute approximate surface area is 128 Å². The van der Waals surface area contributed by atoms with Gasteiger partial charge in [0.1, 0.15) is 5.76 Å². The number of hydrogen-bond acceptors (Lipinski definition) is 6. The van der Waals surface area contributed by atoms with E-state index in [0.717, 1.165) is 6.07 Å². The molecule has 106 valence electrons. The molecule has 0 spiro atoms. The van der Waals surface area contributed by atoms with Gasteiger partial charge in [-0.05, 0) is 6.85 Å². The number of hydrogen-bond donors (Lipinski definition) is 2. The van der Waals surface area contributed by atoms with E-state index in [1.54, 1.807) is 24.3 Å². The third-order valence-electron chi connectivity index (χ3n) is 2.68. The zero-order valence-electron chi connectivity index (χ0n) is 13.4. The van der Waals surface area contributed by atoms with Crippen LogP contribution in [0.3, 0.4) is 0 Å². The van der Waals surface area contributed by atoms with E-state index in [1.165, 1.54) is 0 Å². The van der Waals surface area contributed by atoms with Gasteiger partial charge in [0, 0.05) is 21.0 Å². The number of halogens is 1. The molecule has 0 bridgehead atoms. The fraction of sp³-hybridized carbons (Fsp3) is 0.0769. The highest BCUT2D eigenvalue weighted by Crippen LogP contribution is 2.24. The Hall–Kier alpha value is -2.67. The van der Waals surface area contributed by atoms with Gasteiger partial charge in [0.05, 0.1) is 0 Å². The third-order valence-corrected chi connectivity index (χ3v) is 2.96.